The van der Waals surface area contributed by atoms with Crippen LogP contribution in [0.3, 0.4) is 0 Å². The Hall–Kier alpha value is -4.32. The average Bonchev–Trinajstić information content (AvgIpc) is 2.84. The van der Waals surface area contributed by atoms with Crippen LogP contribution < -0.4 is 20.1 Å². The highest BCUT2D eigenvalue weighted by molar-refractivity contribution is 6.06. The van der Waals surface area contributed by atoms with Gasteiger partial charge in [0.2, 0.25) is 0 Å². The van der Waals surface area contributed by atoms with Crippen LogP contribution in [0.1, 0.15) is 17.3 Å². The topological polar surface area (TPSA) is 76.7 Å². The lowest BCUT2D eigenvalue weighted by molar-refractivity contribution is -0.118. The van der Waals surface area contributed by atoms with Gasteiger partial charge in [-0.3, -0.25) is 9.59 Å². The summed E-state index contributed by atoms with van der Waals surface area (Å²) in [5.74, 6) is 0.625. The lowest BCUT2D eigenvalue weighted by Crippen LogP contribution is -2.20. The molecule has 0 aliphatic rings. The quantitative estimate of drug-likeness (QED) is 0.379. The molecule has 0 unspecified atom stereocenters. The molecule has 0 saturated heterocycles. The molecule has 0 heterocycles. The Morgan fingerprint density at radius 3 is 2.36 bits per heavy atom. The Balaban J connectivity index is 1.39. The number of hydrogen-bond donors (Lipinski definition) is 2. The molecule has 0 bridgehead atoms. The minimum Gasteiger partial charge on any atom is -0.492 e. The summed E-state index contributed by atoms with van der Waals surface area (Å²) in [6, 6.07) is 27.5. The van der Waals surface area contributed by atoms with Crippen LogP contribution in [0.15, 0.2) is 91.0 Å². The highest BCUT2D eigenvalue weighted by atomic mass is 16.5. The van der Waals surface area contributed by atoms with Gasteiger partial charge in [-0.15, -0.1) is 0 Å². The maximum atomic E-state index is 12.7. The van der Waals surface area contributed by atoms with E-state index in [2.05, 4.69) is 10.6 Å². The summed E-state index contributed by atoms with van der Waals surface area (Å²) < 4.78 is 11.3. The highest BCUT2D eigenvalue weighted by Gasteiger charge is 2.12. The molecule has 0 aromatic heterocycles. The van der Waals surface area contributed by atoms with Crippen molar-refractivity contribution < 1.29 is 19.1 Å². The Morgan fingerprint density at radius 2 is 1.48 bits per heavy atom. The van der Waals surface area contributed by atoms with E-state index in [1.54, 1.807) is 36.4 Å². The van der Waals surface area contributed by atoms with Crippen LogP contribution in [0.2, 0.25) is 0 Å². The monoisotopic (exact) mass is 440 g/mol. The van der Waals surface area contributed by atoms with Crippen molar-refractivity contribution in [3.05, 3.63) is 96.6 Å². The van der Waals surface area contributed by atoms with E-state index < -0.39 is 0 Å². The molecule has 0 radical (unpaired) electrons. The third-order valence-electron chi connectivity index (χ3n) is 4.95. The van der Waals surface area contributed by atoms with E-state index in [-0.39, 0.29) is 18.4 Å². The third kappa shape index (κ3) is 5.49. The molecular weight excluding hydrogens is 416 g/mol. The number of hydrogen-bond acceptors (Lipinski definition) is 4. The molecule has 0 aliphatic carbocycles. The molecule has 2 N–H and O–H groups in total. The lowest BCUT2D eigenvalue weighted by atomic mass is 10.1. The first-order valence-corrected chi connectivity index (χ1v) is 10.7. The van der Waals surface area contributed by atoms with Crippen LogP contribution >= 0.6 is 0 Å². The Morgan fingerprint density at radius 1 is 0.758 bits per heavy atom. The van der Waals surface area contributed by atoms with Crippen molar-refractivity contribution in [3.8, 4) is 11.5 Å². The summed E-state index contributed by atoms with van der Waals surface area (Å²) >= 11 is 0. The fraction of sp³-hybridized carbons (Fsp3) is 0.111. The maximum Gasteiger partial charge on any atom is 0.262 e. The minimum absolute atomic E-state index is 0.147. The van der Waals surface area contributed by atoms with E-state index in [9.17, 15) is 9.59 Å². The number of ether oxygens (including phenoxy) is 2. The zero-order chi connectivity index (χ0) is 23.0. The van der Waals surface area contributed by atoms with Gasteiger partial charge in [0.1, 0.15) is 11.5 Å². The second kappa shape index (κ2) is 10.3. The number of benzene rings is 4. The van der Waals surface area contributed by atoms with E-state index in [1.807, 2.05) is 61.5 Å². The Labute approximate surface area is 192 Å². The smallest absolute Gasteiger partial charge is 0.262 e. The third-order valence-corrected chi connectivity index (χ3v) is 4.95. The second-order valence-corrected chi connectivity index (χ2v) is 7.28. The van der Waals surface area contributed by atoms with Gasteiger partial charge in [0.05, 0.1) is 12.3 Å². The minimum atomic E-state index is -0.317. The number of nitrogens with one attached hydrogen (secondary N) is 2. The summed E-state index contributed by atoms with van der Waals surface area (Å²) in [5, 5.41) is 7.62. The van der Waals surface area contributed by atoms with Gasteiger partial charge >= 0.3 is 0 Å². The molecule has 4 rings (SSSR count). The summed E-state index contributed by atoms with van der Waals surface area (Å²) in [6.07, 6.45) is 0. The van der Waals surface area contributed by atoms with Crippen LogP contribution in [0, 0.1) is 0 Å². The van der Waals surface area contributed by atoms with Crippen molar-refractivity contribution in [2.24, 2.45) is 0 Å². The predicted octanol–water partition coefficient (Wildman–Crippen LogP) is 5.51. The number of anilines is 2. The summed E-state index contributed by atoms with van der Waals surface area (Å²) in [5.41, 5.74) is 1.50. The molecule has 0 aliphatic heterocycles. The summed E-state index contributed by atoms with van der Waals surface area (Å²) in [4.78, 5) is 25.2. The van der Waals surface area contributed by atoms with E-state index in [1.165, 1.54) is 0 Å². The predicted molar refractivity (Wildman–Crippen MR) is 130 cm³/mol. The largest absolute Gasteiger partial charge is 0.492 e. The summed E-state index contributed by atoms with van der Waals surface area (Å²) in [6.45, 7) is 2.23. The van der Waals surface area contributed by atoms with Crippen molar-refractivity contribution in [3.63, 3.8) is 0 Å². The van der Waals surface area contributed by atoms with E-state index in [0.29, 0.717) is 35.0 Å². The van der Waals surface area contributed by atoms with Crippen molar-refractivity contribution in [2.75, 3.05) is 23.8 Å². The summed E-state index contributed by atoms with van der Waals surface area (Å²) in [7, 11) is 0. The van der Waals surface area contributed by atoms with Gasteiger partial charge in [0, 0.05) is 16.6 Å². The van der Waals surface area contributed by atoms with Gasteiger partial charge in [0.25, 0.3) is 11.8 Å². The molecule has 0 saturated carbocycles. The first-order chi connectivity index (χ1) is 16.1. The van der Waals surface area contributed by atoms with Crippen LogP contribution in [-0.4, -0.2) is 25.0 Å². The fourth-order valence-electron chi connectivity index (χ4n) is 3.45. The molecule has 4 aromatic carbocycles. The van der Waals surface area contributed by atoms with Gasteiger partial charge < -0.3 is 20.1 Å². The van der Waals surface area contributed by atoms with Crippen LogP contribution in [0.5, 0.6) is 11.5 Å². The fourth-order valence-corrected chi connectivity index (χ4v) is 3.45. The van der Waals surface area contributed by atoms with E-state index in [0.717, 1.165) is 10.8 Å². The van der Waals surface area contributed by atoms with Crippen molar-refractivity contribution in [1.82, 2.24) is 0 Å². The number of amides is 2. The van der Waals surface area contributed by atoms with Crippen molar-refractivity contribution >= 4 is 34.0 Å². The molecule has 166 valence electrons. The molecule has 2 amide bonds. The van der Waals surface area contributed by atoms with Crippen LogP contribution in [-0.2, 0) is 4.79 Å². The van der Waals surface area contributed by atoms with Gasteiger partial charge in [0.15, 0.2) is 6.61 Å². The van der Waals surface area contributed by atoms with Gasteiger partial charge in [-0.05, 0) is 48.7 Å². The van der Waals surface area contributed by atoms with Crippen LogP contribution in [0.4, 0.5) is 11.4 Å². The molecule has 0 fully saturated rings. The molecule has 6 nitrogen and oxygen atoms in total. The molecule has 4 aromatic rings. The van der Waals surface area contributed by atoms with Gasteiger partial charge in [-0.1, -0.05) is 54.6 Å². The Bertz CT molecular complexity index is 1280. The molecule has 0 spiro atoms. The lowest BCUT2D eigenvalue weighted by Gasteiger charge is -2.12. The normalized spacial score (nSPS) is 10.5. The number of fused-ring (bicyclic) bond motifs is 1. The zero-order valence-electron chi connectivity index (χ0n) is 18.2. The zero-order valence-corrected chi connectivity index (χ0v) is 18.2. The van der Waals surface area contributed by atoms with Gasteiger partial charge in [-0.25, -0.2) is 0 Å². The number of rotatable bonds is 8. The molecular formula is C27H24N2O4. The van der Waals surface area contributed by atoms with E-state index >= 15 is 0 Å². The maximum absolute atomic E-state index is 12.7. The molecule has 33 heavy (non-hydrogen) atoms. The second-order valence-electron chi connectivity index (χ2n) is 7.28. The SMILES string of the molecule is CCOc1ccccc1NC(=O)c1cccc(NC(=O)COc2cccc3ccccc23)c1. The standard InChI is InChI=1S/C27H24N2O4/c1-2-32-25-15-6-5-14-23(25)29-27(31)20-11-7-12-21(17-20)28-26(30)18-33-24-16-8-10-19-9-3-4-13-22(19)24/h3-17H,2,18H2,1H3,(H,28,30)(H,29,31). The molecule has 0 atom stereocenters. The van der Waals surface area contributed by atoms with Crippen LogP contribution in [0.25, 0.3) is 10.8 Å². The highest BCUT2D eigenvalue weighted by Crippen LogP contribution is 2.26. The number of carbonyl (C=O) groups excluding carboxylic acids is 2. The molecule has 6 heteroatoms. The van der Waals surface area contributed by atoms with Crippen molar-refractivity contribution in [2.45, 2.75) is 6.92 Å². The number of para-hydroxylation sites is 2. The Kier molecular flexibility index (Phi) is 6.85. The number of carbonyl (C=O) groups is 2. The van der Waals surface area contributed by atoms with Gasteiger partial charge in [-0.2, -0.15) is 0 Å². The first kappa shape index (κ1) is 21.9. The van der Waals surface area contributed by atoms with E-state index in [4.69, 9.17) is 9.47 Å². The van der Waals surface area contributed by atoms with Crippen molar-refractivity contribution in [1.29, 1.82) is 0 Å². The first-order valence-electron chi connectivity index (χ1n) is 10.7. The average molecular weight is 440 g/mol.